The maximum atomic E-state index is 13.1. The van der Waals surface area contributed by atoms with Crippen molar-refractivity contribution in [2.45, 2.75) is 12.6 Å². The zero-order valence-corrected chi connectivity index (χ0v) is 15.9. The summed E-state index contributed by atoms with van der Waals surface area (Å²) in [5.74, 6) is -0.540. The molecular formula is C19H20FIN2O2. The van der Waals surface area contributed by atoms with Crippen LogP contribution in [0.4, 0.5) is 4.39 Å². The summed E-state index contributed by atoms with van der Waals surface area (Å²) < 4.78 is 19.5. The van der Waals surface area contributed by atoms with Gasteiger partial charge in [0.2, 0.25) is 0 Å². The van der Waals surface area contributed by atoms with E-state index in [1.807, 2.05) is 40.8 Å². The Labute approximate surface area is 160 Å². The summed E-state index contributed by atoms with van der Waals surface area (Å²) in [7, 11) is 0. The van der Waals surface area contributed by atoms with E-state index in [2.05, 4.69) is 22.3 Å². The van der Waals surface area contributed by atoms with Gasteiger partial charge in [-0.1, -0.05) is 30.3 Å². The number of morpholine rings is 1. The first kappa shape index (κ1) is 18.3. The second-order valence-electron chi connectivity index (χ2n) is 6.05. The van der Waals surface area contributed by atoms with E-state index >= 15 is 0 Å². The Morgan fingerprint density at radius 3 is 2.84 bits per heavy atom. The molecule has 3 rings (SSSR count). The van der Waals surface area contributed by atoms with E-state index in [1.54, 1.807) is 0 Å². The molecule has 1 aliphatic heterocycles. The molecule has 2 aromatic rings. The molecule has 4 nitrogen and oxygen atoms in total. The number of carbonyl (C=O) groups is 1. The van der Waals surface area contributed by atoms with Gasteiger partial charge in [0, 0.05) is 29.7 Å². The number of hydrogen-bond donors (Lipinski definition) is 1. The molecule has 0 saturated carbocycles. The Kier molecular flexibility index (Phi) is 6.39. The SMILES string of the molecule is O=C(NCC1CN(Cc2ccccc2)CCO1)c1ccc(F)cc1I. The third-order valence-corrected chi connectivity index (χ3v) is 5.03. The molecule has 132 valence electrons. The van der Waals surface area contributed by atoms with Gasteiger partial charge in [0.15, 0.2) is 0 Å². The second-order valence-corrected chi connectivity index (χ2v) is 7.21. The first-order valence-corrected chi connectivity index (χ1v) is 9.31. The van der Waals surface area contributed by atoms with Crippen LogP contribution < -0.4 is 5.32 Å². The molecule has 0 aromatic heterocycles. The molecule has 0 bridgehead atoms. The largest absolute Gasteiger partial charge is 0.374 e. The quantitative estimate of drug-likeness (QED) is 0.707. The summed E-state index contributed by atoms with van der Waals surface area (Å²) in [6.45, 7) is 3.63. The maximum Gasteiger partial charge on any atom is 0.252 e. The Bertz CT molecular complexity index is 727. The topological polar surface area (TPSA) is 41.6 Å². The van der Waals surface area contributed by atoms with Crippen molar-refractivity contribution in [3.63, 3.8) is 0 Å². The van der Waals surface area contributed by atoms with E-state index < -0.39 is 0 Å². The first-order valence-electron chi connectivity index (χ1n) is 8.23. The van der Waals surface area contributed by atoms with Gasteiger partial charge in [-0.25, -0.2) is 4.39 Å². The smallest absolute Gasteiger partial charge is 0.252 e. The van der Waals surface area contributed by atoms with Crippen LogP contribution in [0.1, 0.15) is 15.9 Å². The molecule has 0 radical (unpaired) electrons. The fourth-order valence-electron chi connectivity index (χ4n) is 2.86. The molecule has 6 heteroatoms. The number of halogens is 2. The third-order valence-electron chi connectivity index (χ3n) is 4.14. The average molecular weight is 454 g/mol. The first-order chi connectivity index (χ1) is 12.1. The monoisotopic (exact) mass is 454 g/mol. The van der Waals surface area contributed by atoms with Crippen LogP contribution in [-0.2, 0) is 11.3 Å². The zero-order chi connectivity index (χ0) is 17.6. The van der Waals surface area contributed by atoms with E-state index in [0.29, 0.717) is 22.3 Å². The number of rotatable bonds is 5. The highest BCUT2D eigenvalue weighted by Crippen LogP contribution is 2.14. The number of ether oxygens (including phenoxy) is 1. The average Bonchev–Trinajstić information content (AvgIpc) is 2.61. The van der Waals surface area contributed by atoms with Gasteiger partial charge in [0.1, 0.15) is 5.82 Å². The minimum Gasteiger partial charge on any atom is -0.374 e. The second kappa shape index (κ2) is 8.73. The fourth-order valence-corrected chi connectivity index (χ4v) is 3.59. The van der Waals surface area contributed by atoms with Crippen molar-refractivity contribution in [1.82, 2.24) is 10.2 Å². The molecule has 1 N–H and O–H groups in total. The highest BCUT2D eigenvalue weighted by atomic mass is 127. The molecule has 1 aliphatic rings. The molecule has 1 saturated heterocycles. The molecule has 1 unspecified atom stereocenters. The molecule has 0 spiro atoms. The molecule has 0 aliphatic carbocycles. The normalized spacial score (nSPS) is 18.1. The van der Waals surface area contributed by atoms with Crippen LogP contribution >= 0.6 is 22.6 Å². The molecule has 1 fully saturated rings. The lowest BCUT2D eigenvalue weighted by Crippen LogP contribution is -2.47. The van der Waals surface area contributed by atoms with E-state index in [0.717, 1.165) is 19.6 Å². The number of amides is 1. The van der Waals surface area contributed by atoms with Crippen LogP contribution in [-0.4, -0.2) is 43.2 Å². The molecule has 1 heterocycles. The molecule has 2 aromatic carbocycles. The summed E-state index contributed by atoms with van der Waals surface area (Å²) in [6.07, 6.45) is -0.0421. The Balaban J connectivity index is 1.51. The summed E-state index contributed by atoms with van der Waals surface area (Å²) in [6, 6.07) is 14.5. The Hall–Kier alpha value is -1.51. The van der Waals surface area contributed by atoms with E-state index in [9.17, 15) is 9.18 Å². The van der Waals surface area contributed by atoms with Crippen LogP contribution in [0.3, 0.4) is 0 Å². The highest BCUT2D eigenvalue weighted by molar-refractivity contribution is 14.1. The van der Waals surface area contributed by atoms with E-state index in [4.69, 9.17) is 4.74 Å². The molecule has 1 amide bonds. The minimum absolute atomic E-state index is 0.0421. The lowest BCUT2D eigenvalue weighted by molar-refractivity contribution is -0.0292. The van der Waals surface area contributed by atoms with Gasteiger partial charge >= 0.3 is 0 Å². The minimum atomic E-state index is -0.340. The van der Waals surface area contributed by atoms with Gasteiger partial charge in [0.05, 0.1) is 18.3 Å². The number of carbonyl (C=O) groups excluding carboxylic acids is 1. The van der Waals surface area contributed by atoms with Crippen LogP contribution in [0.25, 0.3) is 0 Å². The molecule has 25 heavy (non-hydrogen) atoms. The van der Waals surface area contributed by atoms with Crippen molar-refractivity contribution >= 4 is 28.5 Å². The van der Waals surface area contributed by atoms with Crippen LogP contribution in [0.2, 0.25) is 0 Å². The van der Waals surface area contributed by atoms with Gasteiger partial charge < -0.3 is 10.1 Å². The predicted octanol–water partition coefficient (Wildman–Crippen LogP) is 3.06. The van der Waals surface area contributed by atoms with E-state index in [1.165, 1.54) is 23.8 Å². The number of benzene rings is 2. The van der Waals surface area contributed by atoms with Gasteiger partial charge in [-0.3, -0.25) is 9.69 Å². The Morgan fingerprint density at radius 2 is 2.08 bits per heavy atom. The summed E-state index contributed by atoms with van der Waals surface area (Å²) in [5, 5.41) is 2.90. The van der Waals surface area contributed by atoms with Crippen molar-refractivity contribution in [2.75, 3.05) is 26.2 Å². The number of nitrogens with one attached hydrogen (secondary N) is 1. The summed E-state index contributed by atoms with van der Waals surface area (Å²) >= 11 is 1.97. The van der Waals surface area contributed by atoms with Crippen molar-refractivity contribution < 1.29 is 13.9 Å². The Morgan fingerprint density at radius 1 is 1.28 bits per heavy atom. The van der Waals surface area contributed by atoms with Crippen molar-refractivity contribution in [2.24, 2.45) is 0 Å². The molecular weight excluding hydrogens is 434 g/mol. The maximum absolute atomic E-state index is 13.1. The van der Waals surface area contributed by atoms with Gasteiger partial charge in [-0.05, 0) is 46.4 Å². The fraction of sp³-hybridized carbons (Fsp3) is 0.316. The van der Waals surface area contributed by atoms with Gasteiger partial charge in [-0.2, -0.15) is 0 Å². The lowest BCUT2D eigenvalue weighted by Gasteiger charge is -2.33. The van der Waals surface area contributed by atoms with Gasteiger partial charge in [0.25, 0.3) is 5.91 Å². The third kappa shape index (κ3) is 5.23. The summed E-state index contributed by atoms with van der Waals surface area (Å²) in [4.78, 5) is 14.6. The number of hydrogen-bond acceptors (Lipinski definition) is 3. The molecule has 1 atom stereocenters. The van der Waals surface area contributed by atoms with Crippen molar-refractivity contribution in [3.05, 3.63) is 69.0 Å². The van der Waals surface area contributed by atoms with Crippen LogP contribution in [0.15, 0.2) is 48.5 Å². The summed E-state index contributed by atoms with van der Waals surface area (Å²) in [5.41, 5.74) is 1.76. The zero-order valence-electron chi connectivity index (χ0n) is 13.8. The van der Waals surface area contributed by atoms with E-state index in [-0.39, 0.29) is 17.8 Å². The van der Waals surface area contributed by atoms with Crippen molar-refractivity contribution in [1.29, 1.82) is 0 Å². The van der Waals surface area contributed by atoms with Crippen molar-refractivity contribution in [3.8, 4) is 0 Å². The van der Waals surface area contributed by atoms with Crippen LogP contribution in [0, 0.1) is 9.39 Å². The number of nitrogens with zero attached hydrogens (tertiary/aromatic N) is 1. The van der Waals surface area contributed by atoms with Gasteiger partial charge in [-0.15, -0.1) is 0 Å². The standard InChI is InChI=1S/C19H20FIN2O2/c20-15-6-7-17(18(21)10-15)19(24)22-11-16-13-23(8-9-25-16)12-14-4-2-1-3-5-14/h1-7,10,16H,8-9,11-13H2,(H,22,24). The predicted molar refractivity (Wildman–Crippen MR) is 103 cm³/mol. The highest BCUT2D eigenvalue weighted by Gasteiger charge is 2.21. The lowest BCUT2D eigenvalue weighted by atomic mass is 10.2. The van der Waals surface area contributed by atoms with Crippen LogP contribution in [0.5, 0.6) is 0 Å².